The van der Waals surface area contributed by atoms with Crippen LogP contribution >= 0.6 is 0 Å². The van der Waals surface area contributed by atoms with E-state index >= 15 is 0 Å². The first-order chi connectivity index (χ1) is 18.1. The summed E-state index contributed by atoms with van der Waals surface area (Å²) in [4.78, 5) is 23.0. The minimum Gasteiger partial charge on any atom is -0.494 e. The fourth-order valence-corrected chi connectivity index (χ4v) is 5.17. The van der Waals surface area contributed by atoms with Gasteiger partial charge in [0.1, 0.15) is 11.9 Å². The highest BCUT2D eigenvalue weighted by Crippen LogP contribution is 2.41. The number of carboxylic acids is 1. The molecule has 39 heavy (non-hydrogen) atoms. The summed E-state index contributed by atoms with van der Waals surface area (Å²) in [6, 6.07) is 6.55. The smallest absolute Gasteiger partial charge is 0.428 e. The van der Waals surface area contributed by atoms with Crippen LogP contribution in [0.25, 0.3) is 0 Å². The number of ether oxygens (including phenoxy) is 3. The largest absolute Gasteiger partial charge is 0.494 e. The summed E-state index contributed by atoms with van der Waals surface area (Å²) in [6.45, 7) is 1.57. The van der Waals surface area contributed by atoms with Gasteiger partial charge in [0.2, 0.25) is 5.60 Å². The number of carbonyl (C=O) groups is 2. The Bertz CT molecular complexity index is 1350. The highest BCUT2D eigenvalue weighted by atomic mass is 32.2. The second-order valence-corrected chi connectivity index (χ2v) is 10.6. The minimum absolute atomic E-state index is 0.00176. The number of benzene rings is 2. The molecule has 1 aliphatic heterocycles. The van der Waals surface area contributed by atoms with E-state index in [1.54, 1.807) is 0 Å². The van der Waals surface area contributed by atoms with Crippen LogP contribution in [0.15, 0.2) is 41.3 Å². The van der Waals surface area contributed by atoms with Crippen LogP contribution in [-0.2, 0) is 19.6 Å². The lowest BCUT2D eigenvalue weighted by molar-refractivity contribution is -0.250. The summed E-state index contributed by atoms with van der Waals surface area (Å²) in [5.41, 5.74) is -2.97. The Morgan fingerprint density at radius 1 is 1.21 bits per heavy atom. The van der Waals surface area contributed by atoms with Gasteiger partial charge in [0.15, 0.2) is 11.6 Å². The first-order valence-electron chi connectivity index (χ1n) is 11.6. The maximum absolute atomic E-state index is 13.9. The molecule has 0 spiro atoms. The number of halogens is 4. The minimum atomic E-state index is -4.84. The van der Waals surface area contributed by atoms with Gasteiger partial charge in [-0.25, -0.2) is 17.6 Å². The summed E-state index contributed by atoms with van der Waals surface area (Å²) >= 11 is 0. The van der Waals surface area contributed by atoms with E-state index in [1.165, 1.54) is 19.1 Å². The highest BCUT2D eigenvalue weighted by molar-refractivity contribution is 7.92. The molecule has 0 aromatic heterocycles. The molecule has 1 heterocycles. The van der Waals surface area contributed by atoms with Crippen LogP contribution in [0.3, 0.4) is 0 Å². The van der Waals surface area contributed by atoms with Crippen LogP contribution in [0.5, 0.6) is 11.5 Å². The molecule has 3 rings (SSSR count). The van der Waals surface area contributed by atoms with Crippen molar-refractivity contribution in [2.24, 2.45) is 0 Å². The molecule has 0 radical (unpaired) electrons. The Morgan fingerprint density at radius 2 is 1.90 bits per heavy atom. The Balaban J connectivity index is 1.99. The molecule has 1 aliphatic rings. The zero-order valence-electron chi connectivity index (χ0n) is 21.0. The van der Waals surface area contributed by atoms with E-state index in [0.717, 1.165) is 42.6 Å². The second kappa shape index (κ2) is 11.2. The van der Waals surface area contributed by atoms with E-state index < -0.39 is 52.2 Å². The fraction of sp³-hybridized carbons (Fsp3) is 0.417. The normalized spacial score (nSPS) is 16.9. The van der Waals surface area contributed by atoms with Crippen LogP contribution < -0.4 is 19.1 Å². The Labute approximate surface area is 221 Å². The van der Waals surface area contributed by atoms with Gasteiger partial charge in [0.25, 0.3) is 10.0 Å². The number of rotatable bonds is 9. The predicted octanol–water partition coefficient (Wildman–Crippen LogP) is 4.93. The Hall–Kier alpha value is -3.75. The van der Waals surface area contributed by atoms with Gasteiger partial charge < -0.3 is 19.3 Å². The number of hydrogen-bond acceptors (Lipinski definition) is 7. The van der Waals surface area contributed by atoms with Gasteiger partial charge in [0, 0.05) is 18.2 Å². The molecular formula is C24H26F4N2O8S. The average Bonchev–Trinajstić information content (AvgIpc) is 2.86. The predicted molar refractivity (Wildman–Crippen MR) is 130 cm³/mol. The number of alkyl halides is 3. The molecule has 0 saturated carbocycles. The van der Waals surface area contributed by atoms with Gasteiger partial charge in [-0.05, 0) is 50.1 Å². The third-order valence-corrected chi connectivity index (χ3v) is 7.90. The molecule has 2 N–H and O–H groups in total. The topological polar surface area (TPSA) is 131 Å². The number of anilines is 2. The van der Waals surface area contributed by atoms with Gasteiger partial charge in [-0.1, -0.05) is 6.92 Å². The van der Waals surface area contributed by atoms with Crippen LogP contribution in [0.1, 0.15) is 33.1 Å². The molecular weight excluding hydrogens is 552 g/mol. The zero-order chi connectivity index (χ0) is 29.2. The van der Waals surface area contributed by atoms with Crippen molar-refractivity contribution < 1.29 is 54.9 Å². The molecule has 2 atom stereocenters. The molecule has 0 bridgehead atoms. The second-order valence-electron chi connectivity index (χ2n) is 8.78. The molecule has 10 nitrogen and oxygen atoms in total. The first kappa shape index (κ1) is 29.8. The summed E-state index contributed by atoms with van der Waals surface area (Å²) in [5, 5.41) is 11.2. The van der Waals surface area contributed by atoms with Crippen LogP contribution in [0, 0.1) is 5.82 Å². The Kier molecular flexibility index (Phi) is 8.53. The van der Waals surface area contributed by atoms with E-state index in [9.17, 15) is 35.6 Å². The lowest BCUT2D eigenvalue weighted by atomic mass is 10.0. The highest BCUT2D eigenvalue weighted by Gasteiger charge is 2.53. The lowest BCUT2D eigenvalue weighted by Crippen LogP contribution is -2.46. The van der Waals surface area contributed by atoms with Crippen molar-refractivity contribution in [1.29, 1.82) is 0 Å². The molecule has 0 aliphatic carbocycles. The van der Waals surface area contributed by atoms with Crippen molar-refractivity contribution in [3.8, 4) is 11.5 Å². The maximum Gasteiger partial charge on any atom is 0.428 e. The number of aliphatic carboxylic acids is 1. The summed E-state index contributed by atoms with van der Waals surface area (Å²) in [6.07, 6.45) is -8.06. The van der Waals surface area contributed by atoms with E-state index in [4.69, 9.17) is 14.6 Å². The van der Waals surface area contributed by atoms with Crippen molar-refractivity contribution in [1.82, 2.24) is 0 Å². The van der Waals surface area contributed by atoms with Crippen molar-refractivity contribution in [2.45, 2.75) is 55.9 Å². The van der Waals surface area contributed by atoms with Gasteiger partial charge in [-0.15, -0.1) is 0 Å². The number of methoxy groups -OCH3 is 1. The number of carbonyl (C=O) groups excluding carboxylic acids is 1. The van der Waals surface area contributed by atoms with Crippen LogP contribution in [0.2, 0.25) is 0 Å². The van der Waals surface area contributed by atoms with Crippen molar-refractivity contribution in [3.05, 3.63) is 42.2 Å². The summed E-state index contributed by atoms with van der Waals surface area (Å²) < 4.78 is 97.3. The fourth-order valence-electron chi connectivity index (χ4n) is 3.66. The van der Waals surface area contributed by atoms with E-state index in [-0.39, 0.29) is 47.2 Å². The van der Waals surface area contributed by atoms with Crippen molar-refractivity contribution >= 4 is 33.5 Å². The molecule has 0 saturated heterocycles. The number of sulfonamides is 1. The monoisotopic (exact) mass is 578 g/mol. The SMILES string of the molecule is CCC(C)(OC(=O)Nc1ccc2c(c1)N(S(=O)(=O)c1ccc(F)c(OC)c1)CC(CCC(=O)O)O2)C(F)(F)F. The number of nitrogens with one attached hydrogen (secondary N) is 1. The van der Waals surface area contributed by atoms with Crippen molar-refractivity contribution in [2.75, 3.05) is 23.3 Å². The molecule has 2 unspecified atom stereocenters. The first-order valence-corrected chi connectivity index (χ1v) is 13.0. The van der Waals surface area contributed by atoms with Crippen LogP contribution in [-0.4, -0.2) is 57.1 Å². The lowest BCUT2D eigenvalue weighted by Gasteiger charge is -2.36. The third-order valence-electron chi connectivity index (χ3n) is 6.12. The number of carboxylic acid groups (broad SMARTS) is 1. The number of hydrogen-bond donors (Lipinski definition) is 2. The summed E-state index contributed by atoms with van der Waals surface area (Å²) in [5.74, 6) is -2.27. The van der Waals surface area contributed by atoms with Gasteiger partial charge in [-0.3, -0.25) is 14.4 Å². The van der Waals surface area contributed by atoms with E-state index in [0.29, 0.717) is 0 Å². The number of amides is 1. The van der Waals surface area contributed by atoms with E-state index in [1.807, 2.05) is 0 Å². The maximum atomic E-state index is 13.9. The average molecular weight is 579 g/mol. The van der Waals surface area contributed by atoms with Gasteiger partial charge in [0.05, 0.1) is 24.2 Å². The molecule has 15 heteroatoms. The standard InChI is InChI=1S/C24H26F4N2O8S/c1-4-23(2,24(26,27)28)38-22(33)29-14-5-9-19-18(11-14)30(13-15(37-19)6-10-21(31)32)39(34,35)16-7-8-17(25)20(12-16)36-3/h5,7-9,11-12,15H,4,6,10,13H2,1-3H3,(H,29,33)(H,31,32). The molecule has 214 valence electrons. The van der Waals surface area contributed by atoms with Gasteiger partial charge in [-0.2, -0.15) is 13.2 Å². The van der Waals surface area contributed by atoms with Crippen LogP contribution in [0.4, 0.5) is 33.7 Å². The van der Waals surface area contributed by atoms with Crippen molar-refractivity contribution in [3.63, 3.8) is 0 Å². The molecule has 2 aromatic carbocycles. The third kappa shape index (κ3) is 6.46. The van der Waals surface area contributed by atoms with Gasteiger partial charge >= 0.3 is 18.2 Å². The molecule has 0 fully saturated rings. The van der Waals surface area contributed by atoms with E-state index in [2.05, 4.69) is 10.1 Å². The molecule has 2 aromatic rings. The zero-order valence-corrected chi connectivity index (χ0v) is 21.9. The molecule has 1 amide bonds. The Morgan fingerprint density at radius 3 is 2.49 bits per heavy atom. The number of nitrogens with zero attached hydrogens (tertiary/aromatic N) is 1. The number of fused-ring (bicyclic) bond motifs is 1. The quantitative estimate of drug-likeness (QED) is 0.401. The summed E-state index contributed by atoms with van der Waals surface area (Å²) in [7, 11) is -3.27.